The average molecular weight is 360 g/mol. The van der Waals surface area contributed by atoms with Crippen LogP contribution in [0.15, 0.2) is 48.5 Å². The number of hydrogen-bond acceptors (Lipinski definition) is 4. The maximum atomic E-state index is 12.3. The summed E-state index contributed by atoms with van der Waals surface area (Å²) in [7, 11) is 0. The molecule has 0 atom stereocenters. The van der Waals surface area contributed by atoms with Crippen molar-refractivity contribution in [2.45, 2.75) is 6.54 Å². The topological polar surface area (TPSA) is 58.8 Å². The number of hydrogen-bond donors (Lipinski definition) is 1. The summed E-state index contributed by atoms with van der Waals surface area (Å²) in [5, 5.41) is 0.749. The molecule has 3 rings (SSSR count). The molecule has 1 fully saturated rings. The molecule has 132 valence electrons. The van der Waals surface area contributed by atoms with Crippen LogP contribution < -0.4 is 10.5 Å². The molecule has 1 saturated heterocycles. The van der Waals surface area contributed by atoms with Gasteiger partial charge < -0.3 is 15.4 Å². The van der Waals surface area contributed by atoms with Crippen LogP contribution in [0, 0.1) is 0 Å². The van der Waals surface area contributed by atoms with E-state index in [4.69, 9.17) is 22.1 Å². The molecule has 6 heteroatoms. The smallest absolute Gasteiger partial charge is 0.260 e. The number of amides is 1. The molecule has 0 radical (unpaired) electrons. The third-order valence-electron chi connectivity index (χ3n) is 4.26. The highest BCUT2D eigenvalue weighted by Gasteiger charge is 2.21. The minimum Gasteiger partial charge on any atom is -0.484 e. The van der Waals surface area contributed by atoms with E-state index in [2.05, 4.69) is 4.90 Å². The number of benzene rings is 2. The lowest BCUT2D eigenvalue weighted by Gasteiger charge is -2.34. The summed E-state index contributed by atoms with van der Waals surface area (Å²) < 4.78 is 5.54. The molecule has 2 aromatic carbocycles. The van der Waals surface area contributed by atoms with Crippen molar-refractivity contribution >= 4 is 23.2 Å². The largest absolute Gasteiger partial charge is 0.484 e. The summed E-state index contributed by atoms with van der Waals surface area (Å²) in [6.07, 6.45) is 0. The van der Waals surface area contributed by atoms with Gasteiger partial charge in [-0.3, -0.25) is 9.69 Å². The number of ether oxygens (including phenoxy) is 1. The van der Waals surface area contributed by atoms with Crippen LogP contribution in [0.25, 0.3) is 0 Å². The summed E-state index contributed by atoms with van der Waals surface area (Å²) >= 11 is 5.91. The first-order chi connectivity index (χ1) is 12.1. The Labute approximate surface area is 152 Å². The van der Waals surface area contributed by atoms with Crippen molar-refractivity contribution in [2.75, 3.05) is 38.5 Å². The van der Waals surface area contributed by atoms with Gasteiger partial charge in [-0.2, -0.15) is 0 Å². The Morgan fingerprint density at radius 3 is 2.48 bits per heavy atom. The molecule has 1 aliphatic heterocycles. The van der Waals surface area contributed by atoms with E-state index in [9.17, 15) is 4.79 Å². The fourth-order valence-electron chi connectivity index (χ4n) is 2.84. The van der Waals surface area contributed by atoms with Crippen molar-refractivity contribution in [1.29, 1.82) is 0 Å². The number of anilines is 1. The van der Waals surface area contributed by atoms with Crippen LogP contribution in [0.2, 0.25) is 5.02 Å². The van der Waals surface area contributed by atoms with Gasteiger partial charge in [-0.25, -0.2) is 0 Å². The number of rotatable bonds is 5. The van der Waals surface area contributed by atoms with Crippen LogP contribution >= 0.6 is 11.6 Å². The van der Waals surface area contributed by atoms with Crippen molar-refractivity contribution in [3.05, 3.63) is 59.1 Å². The number of nitrogens with two attached hydrogens (primary N) is 1. The lowest BCUT2D eigenvalue weighted by molar-refractivity contribution is -0.135. The highest BCUT2D eigenvalue weighted by Crippen LogP contribution is 2.15. The van der Waals surface area contributed by atoms with Crippen LogP contribution in [-0.2, 0) is 11.3 Å². The highest BCUT2D eigenvalue weighted by molar-refractivity contribution is 6.30. The van der Waals surface area contributed by atoms with E-state index in [0.29, 0.717) is 24.5 Å². The fraction of sp³-hybridized carbons (Fsp3) is 0.316. The van der Waals surface area contributed by atoms with Gasteiger partial charge in [0, 0.05) is 49.5 Å². The van der Waals surface area contributed by atoms with Gasteiger partial charge in [0.05, 0.1) is 0 Å². The van der Waals surface area contributed by atoms with Crippen LogP contribution in [0.3, 0.4) is 0 Å². The van der Waals surface area contributed by atoms with Crippen LogP contribution in [0.5, 0.6) is 5.75 Å². The molecule has 0 bridgehead atoms. The molecule has 1 heterocycles. The molecular formula is C19H22ClN3O2. The van der Waals surface area contributed by atoms with Gasteiger partial charge in [-0.15, -0.1) is 0 Å². The summed E-state index contributed by atoms with van der Waals surface area (Å²) in [4.78, 5) is 16.5. The van der Waals surface area contributed by atoms with Crippen LogP contribution in [0.1, 0.15) is 5.56 Å². The highest BCUT2D eigenvalue weighted by atomic mass is 35.5. The Morgan fingerprint density at radius 2 is 1.80 bits per heavy atom. The average Bonchev–Trinajstić information content (AvgIpc) is 2.62. The number of piperazine rings is 1. The Kier molecular flexibility index (Phi) is 5.79. The monoisotopic (exact) mass is 359 g/mol. The Balaban J connectivity index is 1.43. The molecule has 1 amide bonds. The van der Waals surface area contributed by atoms with Crippen molar-refractivity contribution in [3.63, 3.8) is 0 Å². The standard InChI is InChI=1S/C19H22ClN3O2/c20-16-6-4-15(5-7-16)13-22-8-10-23(11-9-22)19(24)14-25-18-3-1-2-17(21)12-18/h1-7,12H,8-11,13-14,21H2. The molecular weight excluding hydrogens is 338 g/mol. The van der Waals surface area contributed by atoms with E-state index in [-0.39, 0.29) is 12.5 Å². The Bertz CT molecular complexity index is 713. The zero-order valence-corrected chi connectivity index (χ0v) is 14.8. The summed E-state index contributed by atoms with van der Waals surface area (Å²) in [5.74, 6) is 0.628. The lowest BCUT2D eigenvalue weighted by Crippen LogP contribution is -2.49. The van der Waals surface area contributed by atoms with Crippen molar-refractivity contribution < 1.29 is 9.53 Å². The lowest BCUT2D eigenvalue weighted by atomic mass is 10.2. The van der Waals surface area contributed by atoms with E-state index >= 15 is 0 Å². The second-order valence-corrected chi connectivity index (χ2v) is 6.58. The first-order valence-electron chi connectivity index (χ1n) is 8.33. The van der Waals surface area contributed by atoms with E-state index in [1.54, 1.807) is 18.2 Å². The molecule has 0 aromatic heterocycles. The molecule has 0 spiro atoms. The van der Waals surface area contributed by atoms with Gasteiger partial charge in [-0.1, -0.05) is 29.8 Å². The normalized spacial score (nSPS) is 15.2. The van der Waals surface area contributed by atoms with Crippen molar-refractivity contribution in [2.24, 2.45) is 0 Å². The van der Waals surface area contributed by atoms with Gasteiger partial charge >= 0.3 is 0 Å². The SMILES string of the molecule is Nc1cccc(OCC(=O)N2CCN(Cc3ccc(Cl)cc3)CC2)c1. The van der Waals surface area contributed by atoms with E-state index in [1.165, 1.54) is 5.56 Å². The second kappa shape index (κ2) is 8.23. The molecule has 5 nitrogen and oxygen atoms in total. The first kappa shape index (κ1) is 17.6. The molecule has 0 aliphatic carbocycles. The molecule has 0 saturated carbocycles. The van der Waals surface area contributed by atoms with Gasteiger partial charge in [0.15, 0.2) is 6.61 Å². The summed E-state index contributed by atoms with van der Waals surface area (Å²) in [6.45, 7) is 4.05. The summed E-state index contributed by atoms with van der Waals surface area (Å²) in [6, 6.07) is 15.0. The molecule has 2 N–H and O–H groups in total. The minimum absolute atomic E-state index is 0.00793. The fourth-order valence-corrected chi connectivity index (χ4v) is 2.97. The van der Waals surface area contributed by atoms with E-state index in [0.717, 1.165) is 24.7 Å². The van der Waals surface area contributed by atoms with Crippen LogP contribution in [0.4, 0.5) is 5.69 Å². The van der Waals surface area contributed by atoms with E-state index < -0.39 is 0 Å². The minimum atomic E-state index is 0.00793. The van der Waals surface area contributed by atoms with Gasteiger partial charge in [0.2, 0.25) is 0 Å². The predicted octanol–water partition coefficient (Wildman–Crippen LogP) is 2.65. The quantitative estimate of drug-likeness (QED) is 0.834. The van der Waals surface area contributed by atoms with Crippen LogP contribution in [-0.4, -0.2) is 48.5 Å². The zero-order valence-electron chi connectivity index (χ0n) is 14.0. The molecule has 1 aliphatic rings. The molecule has 2 aromatic rings. The second-order valence-electron chi connectivity index (χ2n) is 6.14. The van der Waals surface area contributed by atoms with Gasteiger partial charge in [0.1, 0.15) is 5.75 Å². The third kappa shape index (κ3) is 5.11. The Morgan fingerprint density at radius 1 is 1.08 bits per heavy atom. The maximum Gasteiger partial charge on any atom is 0.260 e. The van der Waals surface area contributed by atoms with Crippen molar-refractivity contribution in [3.8, 4) is 5.75 Å². The number of nitrogen functional groups attached to an aromatic ring is 1. The third-order valence-corrected chi connectivity index (χ3v) is 4.52. The Hall–Kier alpha value is -2.24. The number of carbonyl (C=O) groups excluding carboxylic acids is 1. The zero-order chi connectivity index (χ0) is 17.6. The predicted molar refractivity (Wildman–Crippen MR) is 99.7 cm³/mol. The van der Waals surface area contributed by atoms with Gasteiger partial charge in [-0.05, 0) is 29.8 Å². The van der Waals surface area contributed by atoms with Crippen molar-refractivity contribution in [1.82, 2.24) is 9.80 Å². The number of nitrogens with zero attached hydrogens (tertiary/aromatic N) is 2. The first-order valence-corrected chi connectivity index (χ1v) is 8.71. The van der Waals surface area contributed by atoms with E-state index in [1.807, 2.05) is 35.2 Å². The van der Waals surface area contributed by atoms with Gasteiger partial charge in [0.25, 0.3) is 5.91 Å². The summed E-state index contributed by atoms with van der Waals surface area (Å²) in [5.41, 5.74) is 7.56. The molecule has 0 unspecified atom stereocenters. The number of carbonyl (C=O) groups is 1. The number of halogens is 1. The maximum absolute atomic E-state index is 12.3. The molecule has 25 heavy (non-hydrogen) atoms.